The van der Waals surface area contributed by atoms with E-state index in [1.54, 1.807) is 16.8 Å². The number of carbonyl (C=O) groups excluding carboxylic acids is 1. The first-order valence-corrected chi connectivity index (χ1v) is 13.2. The molecule has 3 aromatic rings. The van der Waals surface area contributed by atoms with E-state index in [-0.39, 0.29) is 12.3 Å². The first kappa shape index (κ1) is 26.5. The van der Waals surface area contributed by atoms with Gasteiger partial charge in [-0.25, -0.2) is 9.69 Å². The highest BCUT2D eigenvalue weighted by Crippen LogP contribution is 2.33. The molecule has 192 valence electrons. The highest BCUT2D eigenvalue weighted by molar-refractivity contribution is 6.35. The van der Waals surface area contributed by atoms with Crippen LogP contribution in [0.4, 0.5) is 0 Å². The number of benzene rings is 2. The molecule has 0 atom stereocenters. The van der Waals surface area contributed by atoms with Gasteiger partial charge in [0.2, 0.25) is 5.91 Å². The lowest BCUT2D eigenvalue weighted by Gasteiger charge is -2.26. The van der Waals surface area contributed by atoms with E-state index in [0.29, 0.717) is 28.0 Å². The Labute approximate surface area is 222 Å². The normalized spacial score (nSPS) is 14.1. The largest absolute Gasteiger partial charge is 0.492 e. The molecule has 2 heterocycles. The van der Waals surface area contributed by atoms with Crippen LogP contribution in [0.25, 0.3) is 16.9 Å². The third-order valence-corrected chi connectivity index (χ3v) is 6.79. The van der Waals surface area contributed by atoms with E-state index in [2.05, 4.69) is 17.7 Å². The van der Waals surface area contributed by atoms with E-state index in [9.17, 15) is 4.79 Å². The van der Waals surface area contributed by atoms with E-state index in [0.717, 1.165) is 61.6 Å². The number of amides is 1. The lowest BCUT2D eigenvalue weighted by molar-refractivity contribution is -0.125. The van der Waals surface area contributed by atoms with Crippen molar-refractivity contribution < 1.29 is 9.53 Å². The van der Waals surface area contributed by atoms with E-state index in [1.165, 1.54) is 6.42 Å². The summed E-state index contributed by atoms with van der Waals surface area (Å²) >= 11 is 12.7. The molecule has 0 bridgehead atoms. The van der Waals surface area contributed by atoms with Crippen LogP contribution in [0.3, 0.4) is 0 Å². The molecule has 0 unspecified atom stereocenters. The summed E-state index contributed by atoms with van der Waals surface area (Å²) < 4.78 is 7.63. The van der Waals surface area contributed by atoms with Crippen LogP contribution < -0.4 is 15.5 Å². The van der Waals surface area contributed by atoms with Gasteiger partial charge in [0.25, 0.3) is 0 Å². The Kier molecular flexibility index (Phi) is 9.26. The number of nitrogens with zero attached hydrogens (tertiary/aromatic N) is 3. The number of hydrogen-bond acceptors (Lipinski definition) is 5. The van der Waals surface area contributed by atoms with Gasteiger partial charge in [-0.3, -0.25) is 10.2 Å². The van der Waals surface area contributed by atoms with Gasteiger partial charge < -0.3 is 10.1 Å². The Morgan fingerprint density at radius 3 is 2.53 bits per heavy atom. The molecule has 36 heavy (non-hydrogen) atoms. The van der Waals surface area contributed by atoms with Crippen molar-refractivity contribution in [2.75, 3.05) is 32.8 Å². The van der Waals surface area contributed by atoms with Gasteiger partial charge in [-0.15, -0.1) is 0 Å². The van der Waals surface area contributed by atoms with Gasteiger partial charge in [-0.1, -0.05) is 36.5 Å². The SMILES string of the molecule is CCNCCOc1ccc(-c2c(C)c(CC(=O)NN3CCCCC3)nn2-c2ccc(Cl)cc2Cl)cc1. The van der Waals surface area contributed by atoms with Crippen LogP contribution in [-0.2, 0) is 11.2 Å². The Morgan fingerprint density at radius 1 is 1.08 bits per heavy atom. The molecule has 1 aromatic heterocycles. The van der Waals surface area contributed by atoms with Crippen LogP contribution in [0, 0.1) is 6.92 Å². The number of hydrogen-bond donors (Lipinski definition) is 2. The van der Waals surface area contributed by atoms with Gasteiger partial charge in [0.05, 0.1) is 28.5 Å². The second kappa shape index (κ2) is 12.6. The van der Waals surface area contributed by atoms with Crippen molar-refractivity contribution in [3.05, 3.63) is 63.8 Å². The van der Waals surface area contributed by atoms with Gasteiger partial charge in [0.1, 0.15) is 12.4 Å². The summed E-state index contributed by atoms with van der Waals surface area (Å²) in [6.07, 6.45) is 3.59. The second-order valence-electron chi connectivity index (χ2n) is 8.91. The molecule has 4 rings (SSSR count). The van der Waals surface area contributed by atoms with Gasteiger partial charge in [0, 0.05) is 30.2 Å². The predicted molar refractivity (Wildman–Crippen MR) is 145 cm³/mol. The van der Waals surface area contributed by atoms with Crippen molar-refractivity contribution in [3.8, 4) is 22.7 Å². The number of nitrogens with one attached hydrogen (secondary N) is 2. The van der Waals surface area contributed by atoms with E-state index >= 15 is 0 Å². The third-order valence-electron chi connectivity index (χ3n) is 6.25. The van der Waals surface area contributed by atoms with E-state index in [1.807, 2.05) is 42.3 Å². The minimum absolute atomic E-state index is 0.0668. The first-order valence-electron chi connectivity index (χ1n) is 12.5. The predicted octanol–water partition coefficient (Wildman–Crippen LogP) is 5.20. The van der Waals surface area contributed by atoms with Crippen molar-refractivity contribution in [1.29, 1.82) is 0 Å². The maximum absolute atomic E-state index is 12.9. The molecule has 0 aliphatic carbocycles. The maximum atomic E-state index is 12.9. The van der Waals surface area contributed by atoms with Crippen LogP contribution in [0.15, 0.2) is 42.5 Å². The summed E-state index contributed by atoms with van der Waals surface area (Å²) in [4.78, 5) is 12.9. The molecule has 0 radical (unpaired) electrons. The average Bonchev–Trinajstić information content (AvgIpc) is 3.18. The average molecular weight is 531 g/mol. The van der Waals surface area contributed by atoms with E-state index < -0.39 is 0 Å². The molecule has 0 spiro atoms. The minimum Gasteiger partial charge on any atom is -0.492 e. The van der Waals surface area contributed by atoms with Crippen molar-refractivity contribution in [3.63, 3.8) is 0 Å². The fourth-order valence-electron chi connectivity index (χ4n) is 4.38. The molecule has 2 N–H and O–H groups in total. The monoisotopic (exact) mass is 529 g/mol. The molecule has 9 heteroatoms. The molecular formula is C27H33Cl2N5O2. The molecule has 1 saturated heterocycles. The summed E-state index contributed by atoms with van der Waals surface area (Å²) in [6, 6.07) is 13.2. The Hall–Kier alpha value is -2.58. The Balaban J connectivity index is 1.62. The Bertz CT molecular complexity index is 1170. The number of ether oxygens (including phenoxy) is 1. The molecule has 1 fully saturated rings. The number of piperidine rings is 1. The van der Waals surface area contributed by atoms with Crippen molar-refractivity contribution in [2.24, 2.45) is 0 Å². The first-order chi connectivity index (χ1) is 17.5. The smallest absolute Gasteiger partial charge is 0.240 e. The van der Waals surface area contributed by atoms with Crippen LogP contribution in [0.1, 0.15) is 37.4 Å². The second-order valence-corrected chi connectivity index (χ2v) is 9.76. The molecule has 7 nitrogen and oxygen atoms in total. The number of carbonyl (C=O) groups is 1. The van der Waals surface area contributed by atoms with Crippen LogP contribution in [0.2, 0.25) is 10.0 Å². The number of likely N-dealkylation sites (N-methyl/N-ethyl adjacent to an activating group) is 1. The third kappa shape index (κ3) is 6.59. The van der Waals surface area contributed by atoms with Crippen LogP contribution in [-0.4, -0.2) is 53.5 Å². The van der Waals surface area contributed by atoms with Gasteiger partial charge in [-0.2, -0.15) is 5.10 Å². The number of aromatic nitrogens is 2. The summed E-state index contributed by atoms with van der Waals surface area (Å²) in [7, 11) is 0. The standard InChI is InChI=1S/C27H33Cl2N5O2/c1-3-30-13-16-36-22-10-7-20(8-11-22)27-19(2)24(18-26(35)32-33-14-5-4-6-15-33)31-34(27)25-12-9-21(28)17-23(25)29/h7-12,17,30H,3-6,13-16,18H2,1-2H3,(H,32,35). The molecule has 1 amide bonds. The maximum Gasteiger partial charge on any atom is 0.240 e. The zero-order valence-electron chi connectivity index (χ0n) is 20.8. The minimum atomic E-state index is -0.0668. The number of halogens is 2. The Morgan fingerprint density at radius 2 is 1.83 bits per heavy atom. The molecular weight excluding hydrogens is 497 g/mol. The summed E-state index contributed by atoms with van der Waals surface area (Å²) in [5, 5.41) is 11.1. The van der Waals surface area contributed by atoms with Gasteiger partial charge in [0.15, 0.2) is 0 Å². The highest BCUT2D eigenvalue weighted by atomic mass is 35.5. The van der Waals surface area contributed by atoms with Crippen molar-refractivity contribution in [1.82, 2.24) is 25.5 Å². The molecule has 1 aliphatic heterocycles. The van der Waals surface area contributed by atoms with Crippen molar-refractivity contribution >= 4 is 29.1 Å². The topological polar surface area (TPSA) is 71.4 Å². The summed E-state index contributed by atoms with van der Waals surface area (Å²) in [6.45, 7) is 8.13. The molecule has 1 aliphatic rings. The highest BCUT2D eigenvalue weighted by Gasteiger charge is 2.22. The number of hydrazine groups is 1. The lowest BCUT2D eigenvalue weighted by atomic mass is 10.0. The summed E-state index contributed by atoms with van der Waals surface area (Å²) in [5.74, 6) is 0.730. The van der Waals surface area contributed by atoms with Crippen molar-refractivity contribution in [2.45, 2.75) is 39.5 Å². The van der Waals surface area contributed by atoms with Gasteiger partial charge in [-0.05, 0) is 74.3 Å². The quantitative estimate of drug-likeness (QED) is 0.353. The number of rotatable bonds is 10. The van der Waals surface area contributed by atoms with Crippen LogP contribution >= 0.6 is 23.2 Å². The summed E-state index contributed by atoms with van der Waals surface area (Å²) in [5.41, 5.74) is 7.20. The lowest BCUT2D eigenvalue weighted by Crippen LogP contribution is -2.45. The van der Waals surface area contributed by atoms with Gasteiger partial charge >= 0.3 is 0 Å². The molecule has 2 aromatic carbocycles. The van der Waals surface area contributed by atoms with Crippen LogP contribution in [0.5, 0.6) is 5.75 Å². The zero-order valence-corrected chi connectivity index (χ0v) is 22.3. The molecule has 0 saturated carbocycles. The fraction of sp³-hybridized carbons (Fsp3) is 0.407. The van der Waals surface area contributed by atoms with E-state index in [4.69, 9.17) is 33.0 Å². The zero-order chi connectivity index (χ0) is 25.5. The fourth-order valence-corrected chi connectivity index (χ4v) is 4.86.